The summed E-state index contributed by atoms with van der Waals surface area (Å²) in [5.74, 6) is -0.239. The molecule has 1 saturated heterocycles. The lowest BCUT2D eigenvalue weighted by molar-refractivity contribution is -0.138. The Morgan fingerprint density at radius 1 is 1.40 bits per heavy atom. The molecule has 0 aliphatic carbocycles. The van der Waals surface area contributed by atoms with Crippen LogP contribution in [0.4, 0.5) is 13.2 Å². The van der Waals surface area contributed by atoms with E-state index in [2.05, 4.69) is 31.9 Å². The Morgan fingerprint density at radius 3 is 2.65 bits per heavy atom. The van der Waals surface area contributed by atoms with E-state index in [4.69, 9.17) is 0 Å². The van der Waals surface area contributed by atoms with Crippen LogP contribution in [-0.4, -0.2) is 29.2 Å². The summed E-state index contributed by atoms with van der Waals surface area (Å²) < 4.78 is 39.4. The Bertz CT molecular complexity index is 519. The van der Waals surface area contributed by atoms with Crippen LogP contribution >= 0.6 is 31.9 Å². The number of carbonyl (C=O) groups is 1. The van der Waals surface area contributed by atoms with Gasteiger partial charge < -0.3 is 4.90 Å². The van der Waals surface area contributed by atoms with Gasteiger partial charge in [0.05, 0.1) is 11.1 Å². The van der Waals surface area contributed by atoms with E-state index in [-0.39, 0.29) is 5.56 Å². The molecule has 1 aliphatic rings. The highest BCUT2D eigenvalue weighted by Gasteiger charge is 2.37. The van der Waals surface area contributed by atoms with Gasteiger partial charge in [0.25, 0.3) is 5.91 Å². The fraction of sp³-hybridized carbons (Fsp3) is 0.462. The van der Waals surface area contributed by atoms with Crippen molar-refractivity contribution in [3.8, 4) is 0 Å². The highest BCUT2D eigenvalue weighted by Crippen LogP contribution is 2.35. The van der Waals surface area contributed by atoms with Gasteiger partial charge in [-0.25, -0.2) is 0 Å². The lowest BCUT2D eigenvalue weighted by Crippen LogP contribution is -2.30. The van der Waals surface area contributed by atoms with Crippen LogP contribution in [-0.2, 0) is 6.18 Å². The van der Waals surface area contributed by atoms with Crippen molar-refractivity contribution in [2.45, 2.75) is 12.6 Å². The van der Waals surface area contributed by atoms with Crippen molar-refractivity contribution in [1.82, 2.24) is 4.90 Å². The number of rotatable bonds is 2. The second-order valence-corrected chi connectivity index (χ2v) is 6.31. The number of nitrogens with zero attached hydrogens (tertiary/aromatic N) is 1. The smallest absolute Gasteiger partial charge is 0.338 e. The van der Waals surface area contributed by atoms with E-state index >= 15 is 0 Å². The van der Waals surface area contributed by atoms with Crippen molar-refractivity contribution in [3.05, 3.63) is 33.8 Å². The predicted molar refractivity (Wildman–Crippen MR) is 76.9 cm³/mol. The molecule has 1 fully saturated rings. The van der Waals surface area contributed by atoms with Crippen LogP contribution < -0.4 is 0 Å². The van der Waals surface area contributed by atoms with E-state index < -0.39 is 17.6 Å². The summed E-state index contributed by atoms with van der Waals surface area (Å²) in [7, 11) is 0. The lowest BCUT2D eigenvalue weighted by Gasteiger charge is -2.19. The summed E-state index contributed by atoms with van der Waals surface area (Å²) in [6.07, 6.45) is -3.72. The average Bonchev–Trinajstić information content (AvgIpc) is 2.85. The maximum Gasteiger partial charge on any atom is 0.417 e. The zero-order valence-corrected chi connectivity index (χ0v) is 13.6. The van der Waals surface area contributed by atoms with Gasteiger partial charge in [-0.2, -0.15) is 13.2 Å². The molecule has 20 heavy (non-hydrogen) atoms. The van der Waals surface area contributed by atoms with Crippen molar-refractivity contribution in [1.29, 1.82) is 0 Å². The lowest BCUT2D eigenvalue weighted by atomic mass is 10.1. The molecule has 1 heterocycles. The zero-order valence-electron chi connectivity index (χ0n) is 10.4. The highest BCUT2D eigenvalue weighted by atomic mass is 79.9. The van der Waals surface area contributed by atoms with Gasteiger partial charge in [-0.05, 0) is 30.5 Å². The quantitative estimate of drug-likeness (QED) is 0.659. The summed E-state index contributed by atoms with van der Waals surface area (Å²) in [5.41, 5.74) is -1.17. The van der Waals surface area contributed by atoms with Crippen LogP contribution in [0.25, 0.3) is 0 Å². The number of benzene rings is 1. The maximum atomic E-state index is 13.0. The predicted octanol–water partition coefficient (Wildman–Crippen LogP) is 4.32. The third-order valence-electron chi connectivity index (χ3n) is 3.31. The molecule has 2 nitrogen and oxygen atoms in total. The van der Waals surface area contributed by atoms with Crippen molar-refractivity contribution in [2.75, 3.05) is 18.4 Å². The molecule has 0 radical (unpaired) electrons. The third kappa shape index (κ3) is 3.36. The Hall–Kier alpha value is -0.560. The van der Waals surface area contributed by atoms with Crippen molar-refractivity contribution >= 4 is 37.8 Å². The van der Waals surface area contributed by atoms with Crippen LogP contribution in [0.3, 0.4) is 0 Å². The molecule has 1 amide bonds. The molecule has 110 valence electrons. The van der Waals surface area contributed by atoms with E-state index in [1.54, 1.807) is 0 Å². The summed E-state index contributed by atoms with van der Waals surface area (Å²) in [6.45, 7) is 1.000. The number of alkyl halides is 4. The zero-order chi connectivity index (χ0) is 14.9. The van der Waals surface area contributed by atoms with Gasteiger partial charge in [-0.1, -0.05) is 31.9 Å². The summed E-state index contributed by atoms with van der Waals surface area (Å²) in [4.78, 5) is 13.8. The fourth-order valence-electron chi connectivity index (χ4n) is 2.25. The van der Waals surface area contributed by atoms with Crippen molar-refractivity contribution < 1.29 is 18.0 Å². The molecule has 0 saturated carbocycles. The van der Waals surface area contributed by atoms with Crippen LogP contribution in [0, 0.1) is 5.92 Å². The van der Waals surface area contributed by atoms with E-state index in [1.807, 2.05) is 0 Å². The number of carbonyl (C=O) groups excluding carboxylic acids is 1. The molecule has 1 aromatic rings. The topological polar surface area (TPSA) is 20.3 Å². The summed E-state index contributed by atoms with van der Waals surface area (Å²) in [5, 5.41) is 0.753. The van der Waals surface area contributed by atoms with Gasteiger partial charge in [0.15, 0.2) is 0 Å². The molecule has 0 N–H and O–H groups in total. The number of likely N-dealkylation sites (tertiary alicyclic amines) is 1. The summed E-state index contributed by atoms with van der Waals surface area (Å²) in [6, 6.07) is 3.64. The van der Waals surface area contributed by atoms with Gasteiger partial charge in [0.2, 0.25) is 0 Å². The van der Waals surface area contributed by atoms with Crippen LogP contribution in [0.5, 0.6) is 0 Å². The molecule has 7 heteroatoms. The monoisotopic (exact) mass is 413 g/mol. The first-order chi connectivity index (χ1) is 9.32. The van der Waals surface area contributed by atoms with Gasteiger partial charge in [0, 0.05) is 22.9 Å². The molecule has 0 bridgehead atoms. The molecular weight excluding hydrogens is 403 g/mol. The molecule has 2 rings (SSSR count). The number of hydrogen-bond donors (Lipinski definition) is 0. The average molecular weight is 415 g/mol. The number of amides is 1. The second kappa shape index (κ2) is 6.05. The van der Waals surface area contributed by atoms with E-state index in [1.165, 1.54) is 17.0 Å². The fourth-order valence-corrected chi connectivity index (χ4v) is 3.14. The second-order valence-electron chi connectivity index (χ2n) is 4.75. The molecule has 0 spiro atoms. The van der Waals surface area contributed by atoms with Crippen molar-refractivity contribution in [3.63, 3.8) is 0 Å². The molecule has 1 aliphatic heterocycles. The van der Waals surface area contributed by atoms with Gasteiger partial charge in [0.1, 0.15) is 0 Å². The Labute approximate surface area is 131 Å². The largest absolute Gasteiger partial charge is 0.417 e. The SMILES string of the molecule is O=C(c1ccc(Br)cc1C(F)(F)F)N1CCC(CBr)C1. The van der Waals surface area contributed by atoms with Gasteiger partial charge in [-0.3, -0.25) is 4.79 Å². The third-order valence-corrected chi connectivity index (χ3v) is 4.72. The minimum absolute atomic E-state index is 0.282. The van der Waals surface area contributed by atoms with Crippen molar-refractivity contribution in [2.24, 2.45) is 5.92 Å². The Morgan fingerprint density at radius 2 is 2.10 bits per heavy atom. The molecule has 0 aromatic heterocycles. The minimum atomic E-state index is -4.54. The molecule has 1 unspecified atom stereocenters. The van der Waals surface area contributed by atoms with Crippen LogP contribution in [0.15, 0.2) is 22.7 Å². The Kier molecular flexibility index (Phi) is 4.79. The Balaban J connectivity index is 2.31. The van der Waals surface area contributed by atoms with Gasteiger partial charge in [-0.15, -0.1) is 0 Å². The molecule has 1 atom stereocenters. The minimum Gasteiger partial charge on any atom is -0.338 e. The van der Waals surface area contributed by atoms with Crippen LogP contribution in [0.2, 0.25) is 0 Å². The van der Waals surface area contributed by atoms with Crippen LogP contribution in [0.1, 0.15) is 22.3 Å². The standard InChI is InChI=1S/C13H12Br2F3NO/c14-6-8-3-4-19(7-8)12(20)10-2-1-9(15)5-11(10)13(16,17)18/h1-2,5,8H,3-4,6-7H2. The number of hydrogen-bond acceptors (Lipinski definition) is 1. The first-order valence-corrected chi connectivity index (χ1v) is 7.96. The molecule has 1 aromatic carbocycles. The van der Waals surface area contributed by atoms with E-state index in [0.29, 0.717) is 23.5 Å². The maximum absolute atomic E-state index is 13.0. The summed E-state index contributed by atoms with van der Waals surface area (Å²) >= 11 is 6.35. The normalized spacial score (nSPS) is 19.4. The molecular formula is C13H12Br2F3NO. The van der Waals surface area contributed by atoms with Gasteiger partial charge >= 0.3 is 6.18 Å². The van der Waals surface area contributed by atoms with E-state index in [9.17, 15) is 18.0 Å². The first kappa shape index (κ1) is 15.8. The highest BCUT2D eigenvalue weighted by molar-refractivity contribution is 9.10. The number of halogens is 5. The van der Waals surface area contributed by atoms with E-state index in [0.717, 1.165) is 17.8 Å². The first-order valence-electron chi connectivity index (χ1n) is 6.05.